The van der Waals surface area contributed by atoms with Crippen LogP contribution in [0.3, 0.4) is 0 Å². The maximum absolute atomic E-state index is 12.5. The number of nitrogens with two attached hydrogens (primary N) is 1. The number of sulfonamides is 1. The van der Waals surface area contributed by atoms with Gasteiger partial charge in [-0.25, -0.2) is 12.7 Å². The Hall–Kier alpha value is -0.980. The Morgan fingerprint density at radius 3 is 2.75 bits per heavy atom. The molecule has 20 heavy (non-hydrogen) atoms. The molecule has 110 valence electrons. The molecule has 1 fully saturated rings. The van der Waals surface area contributed by atoms with Gasteiger partial charge in [0.15, 0.2) is 0 Å². The number of nitrogens with zero attached hydrogens (tertiary/aromatic N) is 1. The number of rotatable bonds is 5. The van der Waals surface area contributed by atoms with Crippen LogP contribution in [0.5, 0.6) is 0 Å². The Morgan fingerprint density at radius 2 is 2.15 bits per heavy atom. The minimum absolute atomic E-state index is 0.0308. The van der Waals surface area contributed by atoms with Gasteiger partial charge >= 0.3 is 0 Å². The van der Waals surface area contributed by atoms with Crippen molar-refractivity contribution in [2.75, 3.05) is 13.1 Å². The second kappa shape index (κ2) is 6.20. The molecular weight excluding hydrogens is 292 g/mol. The van der Waals surface area contributed by atoms with E-state index in [0.717, 1.165) is 12.8 Å². The van der Waals surface area contributed by atoms with Crippen LogP contribution in [0.15, 0.2) is 24.3 Å². The molecule has 0 radical (unpaired) electrons. The number of thiocarbonyl (C=S) groups is 1. The van der Waals surface area contributed by atoms with Crippen molar-refractivity contribution in [3.63, 3.8) is 0 Å². The first-order valence-corrected chi connectivity index (χ1v) is 8.81. The molecule has 2 rings (SSSR count). The Morgan fingerprint density at radius 1 is 1.45 bits per heavy atom. The van der Waals surface area contributed by atoms with Gasteiger partial charge in [-0.1, -0.05) is 49.8 Å². The average molecular weight is 312 g/mol. The zero-order chi connectivity index (χ0) is 14.8. The van der Waals surface area contributed by atoms with Crippen LogP contribution in [0, 0.1) is 5.92 Å². The Balaban J connectivity index is 2.19. The van der Waals surface area contributed by atoms with Crippen molar-refractivity contribution in [3.8, 4) is 0 Å². The molecule has 0 spiro atoms. The molecule has 4 nitrogen and oxygen atoms in total. The van der Waals surface area contributed by atoms with E-state index in [-0.39, 0.29) is 10.7 Å². The number of hydrogen-bond acceptors (Lipinski definition) is 3. The second-order valence-electron chi connectivity index (χ2n) is 5.20. The molecule has 0 bridgehead atoms. The highest BCUT2D eigenvalue weighted by atomic mass is 32.2. The van der Waals surface area contributed by atoms with Gasteiger partial charge in [-0.15, -0.1) is 0 Å². The zero-order valence-electron chi connectivity index (χ0n) is 11.6. The van der Waals surface area contributed by atoms with Gasteiger partial charge in [0.25, 0.3) is 0 Å². The lowest BCUT2D eigenvalue weighted by molar-refractivity contribution is 0.452. The standard InChI is InChI=1S/C14H20N2O2S2/c1-2-11-7-8-16(9-11)20(17,18)10-12-5-3-4-6-13(12)14(15)19/h3-6,11H,2,7-10H2,1H3,(H2,15,19). The summed E-state index contributed by atoms with van der Waals surface area (Å²) in [7, 11) is -3.29. The molecule has 1 aliphatic heterocycles. The third-order valence-corrected chi connectivity index (χ3v) is 5.85. The summed E-state index contributed by atoms with van der Waals surface area (Å²) in [5, 5.41) is 0. The fraction of sp³-hybridized carbons (Fsp3) is 0.500. The second-order valence-corrected chi connectivity index (χ2v) is 7.61. The topological polar surface area (TPSA) is 63.4 Å². The first-order chi connectivity index (χ1) is 9.44. The molecule has 0 saturated carbocycles. The summed E-state index contributed by atoms with van der Waals surface area (Å²) in [6.45, 7) is 3.35. The molecule has 0 amide bonds. The first-order valence-electron chi connectivity index (χ1n) is 6.79. The lowest BCUT2D eigenvalue weighted by Crippen LogP contribution is -2.30. The van der Waals surface area contributed by atoms with E-state index >= 15 is 0 Å². The van der Waals surface area contributed by atoms with Crippen molar-refractivity contribution in [2.45, 2.75) is 25.5 Å². The van der Waals surface area contributed by atoms with E-state index in [2.05, 4.69) is 6.92 Å². The maximum atomic E-state index is 12.5. The fourth-order valence-electron chi connectivity index (χ4n) is 2.56. The molecule has 1 unspecified atom stereocenters. The van der Waals surface area contributed by atoms with Gasteiger partial charge in [-0.2, -0.15) is 0 Å². The van der Waals surface area contributed by atoms with E-state index < -0.39 is 10.0 Å². The monoisotopic (exact) mass is 312 g/mol. The minimum Gasteiger partial charge on any atom is -0.389 e. The van der Waals surface area contributed by atoms with Gasteiger partial charge in [0.2, 0.25) is 10.0 Å². The molecule has 2 N–H and O–H groups in total. The van der Waals surface area contributed by atoms with Gasteiger partial charge in [-0.3, -0.25) is 0 Å². The van der Waals surface area contributed by atoms with Gasteiger partial charge < -0.3 is 5.73 Å². The van der Waals surface area contributed by atoms with E-state index in [1.165, 1.54) is 0 Å². The molecular formula is C14H20N2O2S2. The molecule has 6 heteroatoms. The lowest BCUT2D eigenvalue weighted by atomic mass is 10.1. The van der Waals surface area contributed by atoms with Crippen LogP contribution in [0.1, 0.15) is 30.9 Å². The van der Waals surface area contributed by atoms with E-state index in [1.54, 1.807) is 16.4 Å². The maximum Gasteiger partial charge on any atom is 0.218 e. The third-order valence-electron chi connectivity index (χ3n) is 3.84. The normalized spacial score (nSPS) is 20.1. The van der Waals surface area contributed by atoms with Gasteiger partial charge in [-0.05, 0) is 17.9 Å². The van der Waals surface area contributed by atoms with Gasteiger partial charge in [0.1, 0.15) is 4.99 Å². The molecule has 1 aromatic carbocycles. The summed E-state index contributed by atoms with van der Waals surface area (Å²) in [6.07, 6.45) is 1.97. The highest BCUT2D eigenvalue weighted by Crippen LogP contribution is 2.24. The largest absolute Gasteiger partial charge is 0.389 e. The molecule has 1 aliphatic rings. The lowest BCUT2D eigenvalue weighted by Gasteiger charge is -2.17. The number of hydrogen-bond donors (Lipinski definition) is 1. The summed E-state index contributed by atoms with van der Waals surface area (Å²) in [5.41, 5.74) is 6.98. The van der Waals surface area contributed by atoms with Crippen LogP contribution in [0.25, 0.3) is 0 Å². The Kier molecular flexibility index (Phi) is 4.78. The smallest absolute Gasteiger partial charge is 0.218 e. The Labute approximate surface area is 126 Å². The van der Waals surface area contributed by atoms with Crippen molar-refractivity contribution in [3.05, 3.63) is 35.4 Å². The van der Waals surface area contributed by atoms with Gasteiger partial charge in [0, 0.05) is 18.7 Å². The first kappa shape index (κ1) is 15.4. The highest BCUT2D eigenvalue weighted by molar-refractivity contribution is 7.88. The van der Waals surface area contributed by atoms with Crippen LogP contribution < -0.4 is 5.73 Å². The molecule has 0 aliphatic carbocycles. The predicted molar refractivity (Wildman–Crippen MR) is 84.9 cm³/mol. The zero-order valence-corrected chi connectivity index (χ0v) is 13.2. The highest BCUT2D eigenvalue weighted by Gasteiger charge is 2.30. The van der Waals surface area contributed by atoms with Crippen molar-refractivity contribution in [1.82, 2.24) is 4.31 Å². The Bertz CT molecular complexity index is 599. The van der Waals surface area contributed by atoms with Crippen LogP contribution >= 0.6 is 12.2 Å². The van der Waals surface area contributed by atoms with Crippen LogP contribution in [0.2, 0.25) is 0 Å². The molecule has 1 saturated heterocycles. The number of benzene rings is 1. The van der Waals surface area contributed by atoms with Crippen molar-refractivity contribution in [1.29, 1.82) is 0 Å². The summed E-state index contributed by atoms with van der Waals surface area (Å²) in [4.78, 5) is 0.239. The van der Waals surface area contributed by atoms with Crippen molar-refractivity contribution < 1.29 is 8.42 Å². The fourth-order valence-corrected chi connectivity index (χ4v) is 4.41. The summed E-state index contributed by atoms with van der Waals surface area (Å²) in [6, 6.07) is 7.17. The molecule has 1 aromatic rings. The summed E-state index contributed by atoms with van der Waals surface area (Å²) >= 11 is 4.98. The minimum atomic E-state index is -3.29. The summed E-state index contributed by atoms with van der Waals surface area (Å²) in [5.74, 6) is 0.451. The van der Waals surface area contributed by atoms with Crippen molar-refractivity contribution in [2.24, 2.45) is 11.7 Å². The quantitative estimate of drug-likeness (QED) is 0.843. The van der Waals surface area contributed by atoms with E-state index in [4.69, 9.17) is 18.0 Å². The average Bonchev–Trinajstić information content (AvgIpc) is 2.88. The summed E-state index contributed by atoms with van der Waals surface area (Å²) < 4.78 is 26.6. The molecule has 1 heterocycles. The molecule has 0 aromatic heterocycles. The van der Waals surface area contributed by atoms with E-state index in [9.17, 15) is 8.42 Å². The van der Waals surface area contributed by atoms with Crippen LogP contribution in [-0.2, 0) is 15.8 Å². The van der Waals surface area contributed by atoms with Crippen LogP contribution in [-0.4, -0.2) is 30.8 Å². The van der Waals surface area contributed by atoms with Crippen molar-refractivity contribution >= 4 is 27.2 Å². The van der Waals surface area contributed by atoms with E-state index in [1.807, 2.05) is 12.1 Å². The molecule has 1 atom stereocenters. The van der Waals surface area contributed by atoms with Gasteiger partial charge in [0.05, 0.1) is 5.75 Å². The van der Waals surface area contributed by atoms with E-state index in [0.29, 0.717) is 30.1 Å². The SMILES string of the molecule is CCC1CCN(S(=O)(=O)Cc2ccccc2C(N)=S)C1. The third kappa shape index (κ3) is 3.37. The predicted octanol–water partition coefficient (Wildman–Crippen LogP) is 1.88. The van der Waals surface area contributed by atoms with Crippen LogP contribution in [0.4, 0.5) is 0 Å².